The van der Waals surface area contributed by atoms with Gasteiger partial charge in [0.1, 0.15) is 5.76 Å². The third-order valence-electron chi connectivity index (χ3n) is 2.56. The van der Waals surface area contributed by atoms with Crippen molar-refractivity contribution in [3.8, 4) is 0 Å². The maximum atomic E-state index is 10.7. The van der Waals surface area contributed by atoms with E-state index < -0.39 is 5.97 Å². The maximum absolute atomic E-state index is 10.7. The van der Waals surface area contributed by atoms with E-state index >= 15 is 0 Å². The minimum atomic E-state index is -0.816. The molecule has 0 saturated carbocycles. The molecule has 1 aliphatic rings. The fraction of sp³-hybridized carbons (Fsp3) is 0.308. The van der Waals surface area contributed by atoms with Crippen molar-refractivity contribution in [1.29, 1.82) is 0 Å². The summed E-state index contributed by atoms with van der Waals surface area (Å²) in [7, 11) is 0. The third kappa shape index (κ3) is 2.42. The van der Waals surface area contributed by atoms with Crippen LogP contribution < -0.4 is 0 Å². The number of rotatable bonds is 3. The van der Waals surface area contributed by atoms with Gasteiger partial charge in [-0.15, -0.1) is 0 Å². The monoisotopic (exact) mass is 218 g/mol. The van der Waals surface area contributed by atoms with Crippen LogP contribution in [0.3, 0.4) is 0 Å². The SMILES string of the molecule is O=C(O)Cc1ccccc1C1=CCCCO1. The van der Waals surface area contributed by atoms with Gasteiger partial charge in [0.2, 0.25) is 0 Å². The van der Waals surface area contributed by atoms with E-state index in [1.807, 2.05) is 30.3 Å². The molecule has 1 aromatic rings. The molecule has 2 rings (SSSR count). The molecular formula is C13H14O3. The van der Waals surface area contributed by atoms with Crippen LogP contribution in [0.4, 0.5) is 0 Å². The van der Waals surface area contributed by atoms with Crippen molar-refractivity contribution >= 4 is 11.7 Å². The summed E-state index contributed by atoms with van der Waals surface area (Å²) in [6.07, 6.45) is 4.10. The summed E-state index contributed by atoms with van der Waals surface area (Å²) < 4.78 is 5.55. The number of hydrogen-bond donors (Lipinski definition) is 1. The number of carboxylic acid groups (broad SMARTS) is 1. The summed E-state index contributed by atoms with van der Waals surface area (Å²) in [6, 6.07) is 7.50. The third-order valence-corrected chi connectivity index (χ3v) is 2.56. The molecule has 0 fully saturated rings. The molecule has 0 aromatic heterocycles. The van der Waals surface area contributed by atoms with E-state index in [1.165, 1.54) is 0 Å². The lowest BCUT2D eigenvalue weighted by atomic mass is 10.0. The predicted octanol–water partition coefficient (Wildman–Crippen LogP) is 2.47. The second-order valence-corrected chi connectivity index (χ2v) is 3.79. The Kier molecular flexibility index (Phi) is 3.25. The predicted molar refractivity (Wildman–Crippen MR) is 60.9 cm³/mol. The first kappa shape index (κ1) is 10.7. The highest BCUT2D eigenvalue weighted by Crippen LogP contribution is 2.24. The average molecular weight is 218 g/mol. The summed E-state index contributed by atoms with van der Waals surface area (Å²) in [6.45, 7) is 0.716. The van der Waals surface area contributed by atoms with Crippen LogP contribution in [0, 0.1) is 0 Å². The van der Waals surface area contributed by atoms with E-state index in [0.29, 0.717) is 6.61 Å². The Morgan fingerprint density at radius 1 is 1.38 bits per heavy atom. The van der Waals surface area contributed by atoms with Gasteiger partial charge in [-0.05, 0) is 24.5 Å². The molecule has 0 radical (unpaired) electrons. The number of aliphatic carboxylic acids is 1. The summed E-state index contributed by atoms with van der Waals surface area (Å²) in [5.74, 6) is 0.00644. The van der Waals surface area contributed by atoms with Crippen LogP contribution in [0.2, 0.25) is 0 Å². The number of benzene rings is 1. The van der Waals surface area contributed by atoms with E-state index in [1.54, 1.807) is 0 Å². The van der Waals surface area contributed by atoms with Crippen LogP contribution in [-0.2, 0) is 16.0 Å². The molecule has 16 heavy (non-hydrogen) atoms. The van der Waals surface area contributed by atoms with Crippen molar-refractivity contribution in [2.75, 3.05) is 6.61 Å². The molecule has 1 heterocycles. The standard InChI is InChI=1S/C13H14O3/c14-13(15)9-10-5-1-2-6-11(10)12-7-3-4-8-16-12/h1-2,5-7H,3-4,8-9H2,(H,14,15). The van der Waals surface area contributed by atoms with Crippen molar-refractivity contribution in [1.82, 2.24) is 0 Å². The van der Waals surface area contributed by atoms with Crippen LogP contribution in [0.15, 0.2) is 30.3 Å². The van der Waals surface area contributed by atoms with Crippen LogP contribution >= 0.6 is 0 Å². The lowest BCUT2D eigenvalue weighted by Crippen LogP contribution is -2.06. The summed E-state index contributed by atoms with van der Waals surface area (Å²) in [4.78, 5) is 10.7. The van der Waals surface area contributed by atoms with E-state index in [-0.39, 0.29) is 6.42 Å². The van der Waals surface area contributed by atoms with E-state index in [9.17, 15) is 4.79 Å². The molecule has 0 bridgehead atoms. The van der Waals surface area contributed by atoms with Crippen LogP contribution in [0.25, 0.3) is 5.76 Å². The Hall–Kier alpha value is -1.77. The fourth-order valence-electron chi connectivity index (χ4n) is 1.82. The second kappa shape index (κ2) is 4.84. The van der Waals surface area contributed by atoms with Gasteiger partial charge in [0.25, 0.3) is 0 Å². The molecule has 0 aliphatic carbocycles. The van der Waals surface area contributed by atoms with Gasteiger partial charge in [0.05, 0.1) is 13.0 Å². The van der Waals surface area contributed by atoms with Crippen molar-refractivity contribution in [3.63, 3.8) is 0 Å². The van der Waals surface area contributed by atoms with Gasteiger partial charge >= 0.3 is 5.97 Å². The highest BCUT2D eigenvalue weighted by Gasteiger charge is 2.12. The van der Waals surface area contributed by atoms with Gasteiger partial charge in [-0.3, -0.25) is 4.79 Å². The number of ether oxygens (including phenoxy) is 1. The number of carbonyl (C=O) groups is 1. The molecule has 0 saturated heterocycles. The zero-order valence-electron chi connectivity index (χ0n) is 8.98. The van der Waals surface area contributed by atoms with E-state index in [2.05, 4.69) is 0 Å². The number of allylic oxidation sites excluding steroid dienone is 1. The molecule has 1 aromatic carbocycles. The number of carboxylic acids is 1. The minimum absolute atomic E-state index is 0.0386. The Labute approximate surface area is 94.4 Å². The highest BCUT2D eigenvalue weighted by atomic mass is 16.5. The Balaban J connectivity index is 2.31. The van der Waals surface area contributed by atoms with Crippen molar-refractivity contribution in [2.24, 2.45) is 0 Å². The van der Waals surface area contributed by atoms with Crippen molar-refractivity contribution in [2.45, 2.75) is 19.3 Å². The lowest BCUT2D eigenvalue weighted by molar-refractivity contribution is -0.136. The van der Waals surface area contributed by atoms with Gasteiger partial charge in [-0.2, -0.15) is 0 Å². The fourth-order valence-corrected chi connectivity index (χ4v) is 1.82. The molecule has 1 aliphatic heterocycles. The van der Waals surface area contributed by atoms with Crippen molar-refractivity contribution in [3.05, 3.63) is 41.5 Å². The molecule has 3 heteroatoms. The molecular weight excluding hydrogens is 204 g/mol. The zero-order valence-corrected chi connectivity index (χ0v) is 8.98. The maximum Gasteiger partial charge on any atom is 0.307 e. The first-order chi connectivity index (χ1) is 7.77. The Morgan fingerprint density at radius 2 is 2.19 bits per heavy atom. The highest BCUT2D eigenvalue weighted by molar-refractivity contribution is 5.74. The van der Waals surface area contributed by atoms with Crippen LogP contribution in [0.1, 0.15) is 24.0 Å². The number of hydrogen-bond acceptors (Lipinski definition) is 2. The molecule has 3 nitrogen and oxygen atoms in total. The second-order valence-electron chi connectivity index (χ2n) is 3.79. The quantitative estimate of drug-likeness (QED) is 0.847. The minimum Gasteiger partial charge on any atom is -0.493 e. The first-order valence-electron chi connectivity index (χ1n) is 5.40. The molecule has 0 amide bonds. The lowest BCUT2D eigenvalue weighted by Gasteiger charge is -2.17. The van der Waals surface area contributed by atoms with Crippen LogP contribution in [-0.4, -0.2) is 17.7 Å². The van der Waals surface area contributed by atoms with E-state index in [4.69, 9.17) is 9.84 Å². The van der Waals surface area contributed by atoms with Gasteiger partial charge in [0.15, 0.2) is 0 Å². The zero-order chi connectivity index (χ0) is 11.4. The first-order valence-corrected chi connectivity index (χ1v) is 5.40. The molecule has 84 valence electrons. The Bertz CT molecular complexity index is 421. The molecule has 0 unspecified atom stereocenters. The van der Waals surface area contributed by atoms with Crippen LogP contribution in [0.5, 0.6) is 0 Å². The Morgan fingerprint density at radius 3 is 2.88 bits per heavy atom. The largest absolute Gasteiger partial charge is 0.493 e. The van der Waals surface area contributed by atoms with Gasteiger partial charge < -0.3 is 9.84 Å². The molecule has 0 atom stereocenters. The summed E-state index contributed by atoms with van der Waals surface area (Å²) >= 11 is 0. The van der Waals surface area contributed by atoms with Crippen molar-refractivity contribution < 1.29 is 14.6 Å². The molecule has 1 N–H and O–H groups in total. The van der Waals surface area contributed by atoms with Gasteiger partial charge in [0, 0.05) is 5.56 Å². The normalized spacial score (nSPS) is 15.1. The average Bonchev–Trinajstić information content (AvgIpc) is 2.30. The smallest absolute Gasteiger partial charge is 0.307 e. The van der Waals surface area contributed by atoms with Gasteiger partial charge in [-0.1, -0.05) is 24.3 Å². The topological polar surface area (TPSA) is 46.5 Å². The summed E-state index contributed by atoms with van der Waals surface area (Å²) in [5.41, 5.74) is 1.72. The van der Waals surface area contributed by atoms with E-state index in [0.717, 1.165) is 29.7 Å². The molecule has 0 spiro atoms. The summed E-state index contributed by atoms with van der Waals surface area (Å²) in [5, 5.41) is 8.83. The van der Waals surface area contributed by atoms with Gasteiger partial charge in [-0.25, -0.2) is 0 Å².